The number of carbonyl (C=O) groups is 1. The highest BCUT2D eigenvalue weighted by Gasteiger charge is 2.30. The van der Waals surface area contributed by atoms with E-state index in [9.17, 15) is 9.59 Å². The van der Waals surface area contributed by atoms with Crippen LogP contribution in [0.3, 0.4) is 0 Å². The van der Waals surface area contributed by atoms with E-state index < -0.39 is 0 Å². The summed E-state index contributed by atoms with van der Waals surface area (Å²) in [5.41, 5.74) is 4.19. The van der Waals surface area contributed by atoms with Gasteiger partial charge in [0.05, 0.1) is 11.0 Å². The van der Waals surface area contributed by atoms with Gasteiger partial charge in [0.2, 0.25) is 5.91 Å². The first kappa shape index (κ1) is 21.4. The molecular weight excluding hydrogens is 410 g/mol. The van der Waals surface area contributed by atoms with Crippen LogP contribution >= 0.6 is 0 Å². The van der Waals surface area contributed by atoms with Gasteiger partial charge in [-0.1, -0.05) is 48.5 Å². The van der Waals surface area contributed by atoms with Crippen LogP contribution in [0.4, 0.5) is 0 Å². The first-order chi connectivity index (χ1) is 15.9. The van der Waals surface area contributed by atoms with Gasteiger partial charge in [-0.15, -0.1) is 0 Å². The Hall–Kier alpha value is -3.44. The van der Waals surface area contributed by atoms with E-state index in [1.807, 2.05) is 53.1 Å². The van der Waals surface area contributed by atoms with Gasteiger partial charge in [-0.3, -0.25) is 14.5 Å². The molecule has 5 rings (SSSR count). The Balaban J connectivity index is 1.35. The van der Waals surface area contributed by atoms with Crippen molar-refractivity contribution in [3.63, 3.8) is 0 Å². The van der Waals surface area contributed by atoms with Crippen molar-refractivity contribution in [1.29, 1.82) is 0 Å². The quantitative estimate of drug-likeness (QED) is 0.476. The van der Waals surface area contributed by atoms with Crippen molar-refractivity contribution in [2.75, 3.05) is 13.1 Å². The van der Waals surface area contributed by atoms with Gasteiger partial charge >= 0.3 is 0 Å². The molecule has 0 unspecified atom stereocenters. The van der Waals surface area contributed by atoms with Crippen molar-refractivity contribution in [1.82, 2.24) is 14.8 Å². The second-order valence-electron chi connectivity index (χ2n) is 9.48. The summed E-state index contributed by atoms with van der Waals surface area (Å²) in [6, 6.07) is 23.6. The molecule has 168 valence electrons. The molecule has 1 amide bonds. The number of hydrogen-bond donors (Lipinski definition) is 1. The molecule has 0 saturated heterocycles. The van der Waals surface area contributed by atoms with Crippen molar-refractivity contribution in [3.8, 4) is 0 Å². The summed E-state index contributed by atoms with van der Waals surface area (Å²) in [7, 11) is 0. The zero-order valence-corrected chi connectivity index (χ0v) is 19.2. The van der Waals surface area contributed by atoms with E-state index in [1.165, 1.54) is 11.1 Å². The molecule has 0 aliphatic carbocycles. The van der Waals surface area contributed by atoms with Gasteiger partial charge < -0.3 is 9.88 Å². The maximum Gasteiger partial charge on any atom is 0.240 e. The van der Waals surface area contributed by atoms with Crippen LogP contribution in [-0.2, 0) is 24.3 Å². The molecule has 0 bridgehead atoms. The number of fused-ring (bicyclic) bond motifs is 3. The third-order valence-corrected chi connectivity index (χ3v) is 6.89. The van der Waals surface area contributed by atoms with Crippen LogP contribution in [0.5, 0.6) is 0 Å². The molecule has 1 N–H and O–H groups in total. The number of amides is 1. The predicted molar refractivity (Wildman–Crippen MR) is 133 cm³/mol. The molecule has 0 radical (unpaired) electrons. The van der Waals surface area contributed by atoms with Gasteiger partial charge in [0.15, 0.2) is 5.43 Å². The van der Waals surface area contributed by atoms with Crippen LogP contribution in [0.25, 0.3) is 21.8 Å². The van der Waals surface area contributed by atoms with Crippen LogP contribution in [0.2, 0.25) is 0 Å². The lowest BCUT2D eigenvalue weighted by atomic mass is 9.94. The average Bonchev–Trinajstić information content (AvgIpc) is 2.85. The number of pyridine rings is 1. The molecule has 4 aromatic rings. The summed E-state index contributed by atoms with van der Waals surface area (Å²) < 4.78 is 1.95. The maximum absolute atomic E-state index is 13.1. The zero-order chi connectivity index (χ0) is 23.0. The minimum atomic E-state index is -0.170. The van der Waals surface area contributed by atoms with Crippen molar-refractivity contribution in [2.45, 2.75) is 38.9 Å². The molecule has 5 heteroatoms. The molecule has 1 aliphatic heterocycles. The standard InChI is InChI=1S/C28H29N3O2/c1-28(2,30-16-15-20-9-3-4-10-21(20)17-30)19-29-26(32)18-31-24-13-7-5-11-22(24)27(33)23-12-6-8-14-25(23)31/h3-14H,15-19H2,1-2H3,(H,29,32). The lowest BCUT2D eigenvalue weighted by molar-refractivity contribution is -0.122. The van der Waals surface area contributed by atoms with Gasteiger partial charge in [0, 0.05) is 35.9 Å². The minimum Gasteiger partial charge on any atom is -0.353 e. The topological polar surface area (TPSA) is 54.3 Å². The fourth-order valence-corrected chi connectivity index (χ4v) is 4.89. The Labute approximate surface area is 193 Å². The highest BCUT2D eigenvalue weighted by atomic mass is 16.2. The molecule has 0 spiro atoms. The van der Waals surface area contributed by atoms with E-state index in [2.05, 4.69) is 48.3 Å². The summed E-state index contributed by atoms with van der Waals surface area (Å²) in [6.07, 6.45) is 1.03. The summed E-state index contributed by atoms with van der Waals surface area (Å²) in [5.74, 6) is -0.0561. The normalized spacial score (nSPS) is 14.4. The Morgan fingerprint density at radius 2 is 1.45 bits per heavy atom. The number of rotatable bonds is 5. The third kappa shape index (κ3) is 4.05. The van der Waals surface area contributed by atoms with Crippen molar-refractivity contribution < 1.29 is 4.79 Å². The molecule has 2 heterocycles. The number of aromatic nitrogens is 1. The highest BCUT2D eigenvalue weighted by molar-refractivity contribution is 5.94. The van der Waals surface area contributed by atoms with E-state index in [4.69, 9.17) is 0 Å². The van der Waals surface area contributed by atoms with Gasteiger partial charge in [-0.25, -0.2) is 0 Å². The van der Waals surface area contributed by atoms with Crippen LogP contribution in [0, 0.1) is 0 Å². The summed E-state index contributed by atoms with van der Waals surface area (Å²) in [6.45, 7) is 6.98. The number of nitrogens with zero attached hydrogens (tertiary/aromatic N) is 2. The largest absolute Gasteiger partial charge is 0.353 e. The van der Waals surface area contributed by atoms with Crippen LogP contribution < -0.4 is 10.7 Å². The smallest absolute Gasteiger partial charge is 0.240 e. The number of para-hydroxylation sites is 2. The summed E-state index contributed by atoms with van der Waals surface area (Å²) in [4.78, 5) is 28.5. The fourth-order valence-electron chi connectivity index (χ4n) is 4.89. The van der Waals surface area contributed by atoms with E-state index in [1.54, 1.807) is 0 Å². The molecule has 1 aliphatic rings. The molecule has 33 heavy (non-hydrogen) atoms. The third-order valence-electron chi connectivity index (χ3n) is 6.89. The van der Waals surface area contributed by atoms with E-state index >= 15 is 0 Å². The monoisotopic (exact) mass is 439 g/mol. The molecule has 3 aromatic carbocycles. The van der Waals surface area contributed by atoms with E-state index in [-0.39, 0.29) is 23.4 Å². The Kier molecular flexibility index (Phi) is 5.51. The zero-order valence-electron chi connectivity index (χ0n) is 19.2. The second-order valence-corrected chi connectivity index (χ2v) is 9.48. The van der Waals surface area contributed by atoms with Crippen molar-refractivity contribution >= 4 is 27.7 Å². The predicted octanol–water partition coefficient (Wildman–Crippen LogP) is 4.11. The molecule has 0 fully saturated rings. The van der Waals surface area contributed by atoms with Gasteiger partial charge in [-0.2, -0.15) is 0 Å². The summed E-state index contributed by atoms with van der Waals surface area (Å²) in [5, 5.41) is 4.43. The van der Waals surface area contributed by atoms with Gasteiger partial charge in [0.1, 0.15) is 6.54 Å². The molecule has 1 aromatic heterocycles. The average molecular weight is 440 g/mol. The highest BCUT2D eigenvalue weighted by Crippen LogP contribution is 2.25. The Bertz CT molecular complexity index is 1340. The van der Waals surface area contributed by atoms with Crippen LogP contribution in [0.1, 0.15) is 25.0 Å². The van der Waals surface area contributed by atoms with Gasteiger partial charge in [-0.05, 0) is 55.7 Å². The Morgan fingerprint density at radius 1 is 0.879 bits per heavy atom. The van der Waals surface area contributed by atoms with Gasteiger partial charge in [0.25, 0.3) is 0 Å². The number of nitrogens with one attached hydrogen (secondary N) is 1. The lowest BCUT2D eigenvalue weighted by Crippen LogP contribution is -2.53. The lowest BCUT2D eigenvalue weighted by Gasteiger charge is -2.41. The second kappa shape index (κ2) is 8.49. The fraction of sp³-hybridized carbons (Fsp3) is 0.286. The van der Waals surface area contributed by atoms with E-state index in [0.29, 0.717) is 17.3 Å². The number of benzene rings is 3. The molecular formula is C28H29N3O2. The summed E-state index contributed by atoms with van der Waals surface area (Å²) >= 11 is 0. The minimum absolute atomic E-state index is 0.00405. The first-order valence-electron chi connectivity index (χ1n) is 11.5. The molecule has 5 nitrogen and oxygen atoms in total. The first-order valence-corrected chi connectivity index (χ1v) is 11.5. The van der Waals surface area contributed by atoms with Crippen LogP contribution in [-0.4, -0.2) is 34.0 Å². The van der Waals surface area contributed by atoms with Crippen molar-refractivity contribution in [2.24, 2.45) is 0 Å². The maximum atomic E-state index is 13.1. The number of carbonyl (C=O) groups excluding carboxylic acids is 1. The van der Waals surface area contributed by atoms with Crippen molar-refractivity contribution in [3.05, 3.63) is 94.1 Å². The van der Waals surface area contributed by atoms with Crippen LogP contribution in [0.15, 0.2) is 77.6 Å². The SMILES string of the molecule is CC(C)(CNC(=O)Cn1c2ccccc2c(=O)c2ccccc21)N1CCc2ccccc2C1. The van der Waals surface area contributed by atoms with E-state index in [0.717, 1.165) is 30.5 Å². The number of hydrogen-bond acceptors (Lipinski definition) is 3. The molecule has 0 atom stereocenters. The molecule has 0 saturated carbocycles. The Morgan fingerprint density at radius 3 is 2.12 bits per heavy atom.